The number of ether oxygens (including phenoxy) is 1. The fourth-order valence-electron chi connectivity index (χ4n) is 0.846. The van der Waals surface area contributed by atoms with Crippen molar-refractivity contribution in [3.8, 4) is 0 Å². The van der Waals surface area contributed by atoms with E-state index in [-0.39, 0.29) is 6.42 Å². The maximum Gasteiger partial charge on any atom is 0.407 e. The molecule has 0 aromatic carbocycles. The van der Waals surface area contributed by atoms with Gasteiger partial charge >= 0.3 is 12.1 Å². The first-order valence-electron chi connectivity index (χ1n) is 4.57. The number of nitrogens with one attached hydrogen (secondary N) is 1. The first-order valence-corrected chi connectivity index (χ1v) is 4.57. The Labute approximate surface area is 88.2 Å². The van der Waals surface area contributed by atoms with E-state index < -0.39 is 30.3 Å². The van der Waals surface area contributed by atoms with Gasteiger partial charge in [0.25, 0.3) is 0 Å². The molecule has 0 aliphatic heterocycles. The molecule has 0 heterocycles. The van der Waals surface area contributed by atoms with Crippen LogP contribution >= 0.6 is 0 Å². The van der Waals surface area contributed by atoms with Crippen LogP contribution in [0.5, 0.6) is 0 Å². The van der Waals surface area contributed by atoms with E-state index in [1.54, 1.807) is 20.8 Å². The van der Waals surface area contributed by atoms with Crippen LogP contribution < -0.4 is 5.32 Å². The lowest BCUT2D eigenvalue weighted by atomic mass is 10.2. The highest BCUT2D eigenvalue weighted by Gasteiger charge is 2.20. The molecule has 0 rings (SSSR count). The molecule has 0 fully saturated rings. The van der Waals surface area contributed by atoms with Crippen LogP contribution in [0.1, 0.15) is 27.2 Å². The van der Waals surface area contributed by atoms with Gasteiger partial charge in [-0.1, -0.05) is 0 Å². The summed E-state index contributed by atoms with van der Waals surface area (Å²) in [6, 6.07) is -0.822. The third kappa shape index (κ3) is 7.75. The number of hydrogen-bond donors (Lipinski definition) is 3. The zero-order valence-electron chi connectivity index (χ0n) is 9.11. The summed E-state index contributed by atoms with van der Waals surface area (Å²) in [4.78, 5) is 21.5. The molecule has 0 aromatic heterocycles. The number of alkyl carbamates (subject to hydrolysis) is 1. The third-order valence-corrected chi connectivity index (χ3v) is 1.36. The van der Waals surface area contributed by atoms with Crippen molar-refractivity contribution in [3.05, 3.63) is 0 Å². The lowest BCUT2D eigenvalue weighted by Gasteiger charge is -2.22. The monoisotopic (exact) mass is 219 g/mol. The highest BCUT2D eigenvalue weighted by Crippen LogP contribution is 2.07. The molecule has 1 atom stereocenters. The van der Waals surface area contributed by atoms with E-state index in [9.17, 15) is 9.59 Å². The Bertz CT molecular complexity index is 233. The van der Waals surface area contributed by atoms with Gasteiger partial charge in [0.2, 0.25) is 0 Å². The Kier molecular flexibility index (Phi) is 5.07. The zero-order chi connectivity index (χ0) is 12.1. The minimum atomic E-state index is -1.09. The molecule has 0 aromatic rings. The second kappa shape index (κ2) is 5.55. The number of rotatable bonds is 4. The molecule has 3 N–H and O–H groups in total. The number of carbonyl (C=O) groups excluding carboxylic acids is 1. The third-order valence-electron chi connectivity index (χ3n) is 1.36. The van der Waals surface area contributed by atoms with Crippen molar-refractivity contribution < 1.29 is 24.5 Å². The Morgan fingerprint density at radius 3 is 2.27 bits per heavy atom. The van der Waals surface area contributed by atoms with Crippen molar-refractivity contribution in [1.82, 2.24) is 5.32 Å². The maximum absolute atomic E-state index is 11.2. The van der Waals surface area contributed by atoms with Gasteiger partial charge in [0, 0.05) is 0 Å². The molecule has 1 amide bonds. The highest BCUT2D eigenvalue weighted by molar-refractivity contribution is 5.71. The SMILES string of the molecule is CC(C)(C)OC(=O)NC(CO)CC(=O)O. The standard InChI is InChI=1S/C9H17NO5/c1-9(2,3)15-8(14)10-6(5-11)4-7(12)13/h6,11H,4-5H2,1-3H3,(H,10,14)(H,12,13). The number of aliphatic hydroxyl groups is 1. The quantitative estimate of drug-likeness (QED) is 0.634. The summed E-state index contributed by atoms with van der Waals surface area (Å²) in [6.45, 7) is 4.64. The van der Waals surface area contributed by atoms with E-state index in [4.69, 9.17) is 14.9 Å². The summed E-state index contributed by atoms with van der Waals surface area (Å²) < 4.78 is 4.90. The van der Waals surface area contributed by atoms with Crippen molar-refractivity contribution in [2.24, 2.45) is 0 Å². The fourth-order valence-corrected chi connectivity index (χ4v) is 0.846. The maximum atomic E-state index is 11.2. The molecule has 6 heteroatoms. The zero-order valence-corrected chi connectivity index (χ0v) is 9.11. The average molecular weight is 219 g/mol. The van der Waals surface area contributed by atoms with E-state index >= 15 is 0 Å². The van der Waals surface area contributed by atoms with Crippen molar-refractivity contribution in [2.75, 3.05) is 6.61 Å². The molecule has 6 nitrogen and oxygen atoms in total. The molecular weight excluding hydrogens is 202 g/mol. The largest absolute Gasteiger partial charge is 0.481 e. The molecule has 1 unspecified atom stereocenters. The number of carbonyl (C=O) groups is 2. The second-order valence-corrected chi connectivity index (χ2v) is 4.12. The first-order chi connectivity index (χ1) is 6.74. The van der Waals surface area contributed by atoms with Gasteiger partial charge < -0.3 is 20.3 Å². The van der Waals surface area contributed by atoms with Crippen LogP contribution in [-0.4, -0.2) is 40.5 Å². The topological polar surface area (TPSA) is 95.9 Å². The molecule has 88 valence electrons. The summed E-state index contributed by atoms with van der Waals surface area (Å²) in [5.74, 6) is -1.09. The molecule has 0 saturated carbocycles. The van der Waals surface area contributed by atoms with E-state index in [0.717, 1.165) is 0 Å². The molecule has 0 aliphatic rings. The lowest BCUT2D eigenvalue weighted by Crippen LogP contribution is -2.42. The molecule has 0 spiro atoms. The van der Waals surface area contributed by atoms with Gasteiger partial charge in [-0.25, -0.2) is 4.79 Å². The Balaban J connectivity index is 4.07. The Morgan fingerprint density at radius 1 is 1.40 bits per heavy atom. The van der Waals surface area contributed by atoms with Gasteiger partial charge in [0.05, 0.1) is 19.1 Å². The predicted molar refractivity (Wildman–Crippen MR) is 52.5 cm³/mol. The van der Waals surface area contributed by atoms with Crippen LogP contribution in [0.25, 0.3) is 0 Å². The summed E-state index contributed by atoms with van der Waals surface area (Å²) in [6.07, 6.45) is -1.07. The molecule has 15 heavy (non-hydrogen) atoms. The van der Waals surface area contributed by atoms with E-state index in [1.165, 1.54) is 0 Å². The van der Waals surface area contributed by atoms with Crippen molar-refractivity contribution >= 4 is 12.1 Å². The number of carboxylic acids is 1. The van der Waals surface area contributed by atoms with E-state index in [0.29, 0.717) is 0 Å². The Morgan fingerprint density at radius 2 is 1.93 bits per heavy atom. The molecule has 0 bridgehead atoms. The lowest BCUT2D eigenvalue weighted by molar-refractivity contribution is -0.137. The van der Waals surface area contributed by atoms with Crippen LogP contribution in [-0.2, 0) is 9.53 Å². The van der Waals surface area contributed by atoms with Crippen molar-refractivity contribution in [3.63, 3.8) is 0 Å². The number of hydrogen-bond acceptors (Lipinski definition) is 4. The minimum absolute atomic E-state index is 0.338. The van der Waals surface area contributed by atoms with Gasteiger partial charge in [0.1, 0.15) is 5.60 Å². The van der Waals surface area contributed by atoms with E-state index in [2.05, 4.69) is 5.32 Å². The van der Waals surface area contributed by atoms with Gasteiger partial charge in [-0.2, -0.15) is 0 Å². The number of aliphatic hydroxyl groups excluding tert-OH is 1. The van der Waals surface area contributed by atoms with Crippen LogP contribution in [0.4, 0.5) is 4.79 Å². The number of aliphatic carboxylic acids is 1. The molecular formula is C9H17NO5. The van der Waals surface area contributed by atoms with Crippen LogP contribution in [0, 0.1) is 0 Å². The first kappa shape index (κ1) is 13.7. The summed E-state index contributed by atoms with van der Waals surface area (Å²) in [7, 11) is 0. The summed E-state index contributed by atoms with van der Waals surface area (Å²) in [5, 5.41) is 19.5. The molecule has 0 radical (unpaired) electrons. The minimum Gasteiger partial charge on any atom is -0.481 e. The highest BCUT2D eigenvalue weighted by atomic mass is 16.6. The number of carboxylic acid groups (broad SMARTS) is 1. The van der Waals surface area contributed by atoms with Crippen LogP contribution in [0.3, 0.4) is 0 Å². The molecule has 0 aliphatic carbocycles. The van der Waals surface area contributed by atoms with Gasteiger partial charge in [-0.05, 0) is 20.8 Å². The van der Waals surface area contributed by atoms with Gasteiger partial charge in [-0.15, -0.1) is 0 Å². The average Bonchev–Trinajstić information content (AvgIpc) is 1.98. The fraction of sp³-hybridized carbons (Fsp3) is 0.778. The van der Waals surface area contributed by atoms with Gasteiger partial charge in [-0.3, -0.25) is 4.79 Å². The van der Waals surface area contributed by atoms with Crippen molar-refractivity contribution in [1.29, 1.82) is 0 Å². The summed E-state index contributed by atoms with van der Waals surface area (Å²) >= 11 is 0. The second-order valence-electron chi connectivity index (χ2n) is 4.12. The Hall–Kier alpha value is -1.30. The van der Waals surface area contributed by atoms with Crippen molar-refractivity contribution in [2.45, 2.75) is 38.8 Å². The number of amides is 1. The van der Waals surface area contributed by atoms with Crippen LogP contribution in [0.2, 0.25) is 0 Å². The van der Waals surface area contributed by atoms with Crippen LogP contribution in [0.15, 0.2) is 0 Å². The van der Waals surface area contributed by atoms with Gasteiger partial charge in [0.15, 0.2) is 0 Å². The smallest absolute Gasteiger partial charge is 0.407 e. The van der Waals surface area contributed by atoms with E-state index in [1.807, 2.05) is 0 Å². The normalized spacial score (nSPS) is 13.1. The summed E-state index contributed by atoms with van der Waals surface area (Å²) in [5.41, 5.74) is -0.646. The predicted octanol–water partition coefficient (Wildman–Crippen LogP) is 0.347. The molecule has 0 saturated heterocycles.